The number of hydrogen-bond acceptors (Lipinski definition) is 6. The van der Waals surface area contributed by atoms with E-state index in [2.05, 4.69) is 40.5 Å². The predicted octanol–water partition coefficient (Wildman–Crippen LogP) is 6.16. The third kappa shape index (κ3) is 4.07. The number of aromatic nitrogens is 2. The summed E-state index contributed by atoms with van der Waals surface area (Å²) in [6, 6.07) is 20.1. The Balaban J connectivity index is 1.22. The summed E-state index contributed by atoms with van der Waals surface area (Å²) in [4.78, 5) is 12.8. The Hall–Kier alpha value is -3.22. The van der Waals surface area contributed by atoms with Crippen molar-refractivity contribution in [2.45, 2.75) is 74.9 Å². The number of piperidine rings is 1. The second-order valence-corrected chi connectivity index (χ2v) is 12.4. The predicted molar refractivity (Wildman–Crippen MR) is 154 cm³/mol. The Morgan fingerprint density at radius 1 is 0.923 bits per heavy atom. The van der Waals surface area contributed by atoms with Crippen molar-refractivity contribution < 1.29 is 9.84 Å². The smallest absolute Gasteiger partial charge is 0.317 e. The van der Waals surface area contributed by atoms with Gasteiger partial charge in [-0.05, 0) is 105 Å². The van der Waals surface area contributed by atoms with Crippen molar-refractivity contribution in [1.82, 2.24) is 20.2 Å². The van der Waals surface area contributed by atoms with Crippen LogP contribution in [0.25, 0.3) is 32.8 Å². The molecule has 5 heterocycles. The second-order valence-electron chi connectivity index (χ2n) is 12.4. The van der Waals surface area contributed by atoms with Gasteiger partial charge < -0.3 is 15.2 Å². The molecule has 6 nitrogen and oxygen atoms in total. The van der Waals surface area contributed by atoms with Crippen LogP contribution in [0.15, 0.2) is 54.6 Å². The van der Waals surface area contributed by atoms with E-state index >= 15 is 0 Å². The molecule has 2 N–H and O–H groups in total. The van der Waals surface area contributed by atoms with E-state index in [1.165, 1.54) is 51.6 Å². The molecule has 4 aromatic rings. The van der Waals surface area contributed by atoms with Crippen LogP contribution in [-0.4, -0.2) is 57.3 Å². The summed E-state index contributed by atoms with van der Waals surface area (Å²) >= 11 is 0. The minimum absolute atomic E-state index is 0.161. The Kier molecular flexibility index (Phi) is 5.56. The van der Waals surface area contributed by atoms with E-state index in [0.29, 0.717) is 30.6 Å². The summed E-state index contributed by atoms with van der Waals surface area (Å²) in [5.74, 6) is 0.690. The van der Waals surface area contributed by atoms with Crippen LogP contribution in [-0.2, 0) is 0 Å². The molecule has 3 atom stereocenters. The highest BCUT2D eigenvalue weighted by Crippen LogP contribution is 2.42. The summed E-state index contributed by atoms with van der Waals surface area (Å²) in [7, 11) is 0. The Morgan fingerprint density at radius 3 is 2.54 bits per heavy atom. The second kappa shape index (κ2) is 9.17. The molecule has 4 aliphatic rings. The van der Waals surface area contributed by atoms with Gasteiger partial charge in [0.05, 0.1) is 16.7 Å². The lowest BCUT2D eigenvalue weighted by Gasteiger charge is -2.32. The fourth-order valence-electron chi connectivity index (χ4n) is 8.15. The van der Waals surface area contributed by atoms with Gasteiger partial charge in [-0.25, -0.2) is 0 Å². The van der Waals surface area contributed by atoms with E-state index in [4.69, 9.17) is 14.7 Å². The summed E-state index contributed by atoms with van der Waals surface area (Å²) in [5.41, 5.74) is 4.30. The number of phenolic OH excluding ortho intramolecular Hbond substituents is 1. The monoisotopic (exact) mass is 520 g/mol. The van der Waals surface area contributed by atoms with Crippen molar-refractivity contribution in [2.24, 2.45) is 0 Å². The quantitative estimate of drug-likeness (QED) is 0.328. The van der Waals surface area contributed by atoms with Gasteiger partial charge in [0, 0.05) is 23.4 Å². The maximum atomic E-state index is 10.5. The molecule has 39 heavy (non-hydrogen) atoms. The van der Waals surface area contributed by atoms with Crippen molar-refractivity contribution in [3.63, 3.8) is 0 Å². The van der Waals surface area contributed by atoms with Crippen LogP contribution in [0.5, 0.6) is 11.8 Å². The zero-order valence-corrected chi connectivity index (χ0v) is 22.4. The van der Waals surface area contributed by atoms with E-state index in [1.807, 2.05) is 24.3 Å². The normalized spacial score (nSPS) is 25.9. The largest absolute Gasteiger partial charge is 0.508 e. The van der Waals surface area contributed by atoms with Crippen LogP contribution >= 0.6 is 0 Å². The van der Waals surface area contributed by atoms with Gasteiger partial charge in [0.1, 0.15) is 12.4 Å². The number of fused-ring (bicyclic) bond motifs is 5. The standard InChI is InChI=1S/C33H36N4O2/c38-26-17-21-5-1-2-6-27(21)29(19-26)22-7-10-28-30(18-22)35-32(39-20-33-11-3-13-37(33)14-4-12-33)36-31(28)23-15-24-8-9-25(16-23)34-24/h1-2,5-7,10,17-19,23-25,34,38H,3-4,8-9,11-16,20H2/t23?,24-,25+. The van der Waals surface area contributed by atoms with Gasteiger partial charge in [-0.2, -0.15) is 9.97 Å². The van der Waals surface area contributed by atoms with Gasteiger partial charge in [0.15, 0.2) is 0 Å². The minimum atomic E-state index is 0.161. The highest BCUT2D eigenvalue weighted by molar-refractivity contribution is 5.99. The van der Waals surface area contributed by atoms with Crippen LogP contribution in [0.1, 0.15) is 63.0 Å². The lowest BCUT2D eigenvalue weighted by molar-refractivity contribution is 0.107. The molecule has 6 heteroatoms. The van der Waals surface area contributed by atoms with E-state index in [9.17, 15) is 5.11 Å². The van der Waals surface area contributed by atoms with E-state index < -0.39 is 0 Å². The van der Waals surface area contributed by atoms with E-state index in [0.717, 1.165) is 51.3 Å². The van der Waals surface area contributed by atoms with Crippen molar-refractivity contribution in [3.8, 4) is 22.9 Å². The van der Waals surface area contributed by atoms with Crippen LogP contribution in [0.4, 0.5) is 0 Å². The Bertz CT molecular complexity index is 1550. The van der Waals surface area contributed by atoms with Crippen LogP contribution in [0.2, 0.25) is 0 Å². The molecule has 200 valence electrons. The number of benzene rings is 3. The first-order chi connectivity index (χ1) is 19.1. The van der Waals surface area contributed by atoms with Gasteiger partial charge in [-0.1, -0.05) is 36.4 Å². The molecule has 0 radical (unpaired) electrons. The van der Waals surface area contributed by atoms with Gasteiger partial charge in [0.25, 0.3) is 0 Å². The average molecular weight is 521 g/mol. The topological polar surface area (TPSA) is 70.5 Å². The summed E-state index contributed by atoms with van der Waals surface area (Å²) in [6.45, 7) is 3.05. The SMILES string of the molecule is Oc1cc(-c2ccc3c(C4C[C@H]5CC[C@@H](C4)N5)nc(OCC45CCCN4CCC5)nc3c2)c2ccccc2c1. The molecular weight excluding hydrogens is 484 g/mol. The molecule has 4 saturated heterocycles. The van der Waals surface area contributed by atoms with Crippen LogP contribution < -0.4 is 10.1 Å². The molecule has 0 spiro atoms. The molecule has 0 aliphatic carbocycles. The number of aromatic hydroxyl groups is 1. The first-order valence-electron chi connectivity index (χ1n) is 14.8. The molecule has 0 saturated carbocycles. The highest BCUT2D eigenvalue weighted by atomic mass is 16.5. The molecule has 1 unspecified atom stereocenters. The number of rotatable bonds is 5. The first kappa shape index (κ1) is 23.6. The van der Waals surface area contributed by atoms with Gasteiger partial charge in [-0.3, -0.25) is 4.90 Å². The summed E-state index contributed by atoms with van der Waals surface area (Å²) in [6.07, 6.45) is 9.71. The van der Waals surface area contributed by atoms with Crippen LogP contribution in [0.3, 0.4) is 0 Å². The summed E-state index contributed by atoms with van der Waals surface area (Å²) < 4.78 is 6.52. The third-order valence-electron chi connectivity index (χ3n) is 10.0. The lowest BCUT2D eigenvalue weighted by Crippen LogP contribution is -2.43. The zero-order chi connectivity index (χ0) is 26.0. The maximum Gasteiger partial charge on any atom is 0.317 e. The summed E-state index contributed by atoms with van der Waals surface area (Å²) in [5, 5.41) is 17.6. The molecule has 4 aliphatic heterocycles. The van der Waals surface area contributed by atoms with Gasteiger partial charge in [-0.15, -0.1) is 0 Å². The molecule has 1 aromatic heterocycles. The van der Waals surface area contributed by atoms with Gasteiger partial charge >= 0.3 is 6.01 Å². The van der Waals surface area contributed by atoms with Crippen LogP contribution in [0, 0.1) is 0 Å². The number of hydrogen-bond donors (Lipinski definition) is 2. The maximum absolute atomic E-state index is 10.5. The van der Waals surface area contributed by atoms with Gasteiger partial charge in [0.2, 0.25) is 0 Å². The molecule has 8 rings (SSSR count). The Labute approximate surface area is 229 Å². The lowest BCUT2D eigenvalue weighted by atomic mass is 9.87. The number of nitrogens with one attached hydrogen (secondary N) is 1. The van der Waals surface area contributed by atoms with Crippen molar-refractivity contribution in [2.75, 3.05) is 19.7 Å². The molecular formula is C33H36N4O2. The fraction of sp³-hybridized carbons (Fsp3) is 0.455. The third-order valence-corrected chi connectivity index (χ3v) is 10.0. The highest BCUT2D eigenvalue weighted by Gasteiger charge is 2.45. The average Bonchev–Trinajstić information content (AvgIpc) is 3.64. The van der Waals surface area contributed by atoms with E-state index in [1.54, 1.807) is 0 Å². The molecule has 4 fully saturated rings. The first-order valence-corrected chi connectivity index (χ1v) is 14.8. The molecule has 2 bridgehead atoms. The number of nitrogens with zero attached hydrogens (tertiary/aromatic N) is 3. The Morgan fingerprint density at radius 2 is 1.72 bits per heavy atom. The van der Waals surface area contributed by atoms with E-state index in [-0.39, 0.29) is 11.3 Å². The molecule has 0 amide bonds. The zero-order valence-electron chi connectivity index (χ0n) is 22.4. The number of ether oxygens (including phenoxy) is 1. The van der Waals surface area contributed by atoms with Crippen molar-refractivity contribution in [1.29, 1.82) is 0 Å². The molecule has 3 aromatic carbocycles. The minimum Gasteiger partial charge on any atom is -0.508 e. The number of phenols is 1. The van der Waals surface area contributed by atoms with Crippen molar-refractivity contribution in [3.05, 3.63) is 60.3 Å². The van der Waals surface area contributed by atoms with Crippen molar-refractivity contribution >= 4 is 21.7 Å². The fourth-order valence-corrected chi connectivity index (χ4v) is 8.15.